The van der Waals surface area contributed by atoms with Gasteiger partial charge in [0.1, 0.15) is 18.8 Å². The molecule has 2 rings (SSSR count). The highest BCUT2D eigenvalue weighted by Gasteiger charge is 2.66. The number of ketones is 1. The Labute approximate surface area is 213 Å². The Balaban J connectivity index is 1.85. The molecule has 8 heteroatoms. The number of esters is 1. The Morgan fingerprint density at radius 2 is 1.69 bits per heavy atom. The SMILES string of the molecule is CC(C)=CCC/C(C)=C/CC/C(C)=C/C[C@]12O[C@H]1[C@H](O)C(COC(=O)CC(C)(O)CC(=O)O)=CC2=O. The summed E-state index contributed by atoms with van der Waals surface area (Å²) in [4.78, 5) is 35.5. The summed E-state index contributed by atoms with van der Waals surface area (Å²) in [6, 6.07) is 0. The number of epoxide rings is 1. The molecule has 0 aromatic carbocycles. The molecule has 1 unspecified atom stereocenters. The lowest BCUT2D eigenvalue weighted by Gasteiger charge is -2.22. The molecule has 0 aromatic rings. The first-order chi connectivity index (χ1) is 16.8. The molecule has 2 aliphatic rings. The quantitative estimate of drug-likeness (QED) is 0.184. The highest BCUT2D eigenvalue weighted by atomic mass is 16.6. The van der Waals surface area contributed by atoms with Crippen LogP contribution in [0.15, 0.2) is 46.6 Å². The first kappa shape index (κ1) is 29.7. The van der Waals surface area contributed by atoms with Gasteiger partial charge in [-0.25, -0.2) is 0 Å². The average Bonchev–Trinajstić information content (AvgIpc) is 3.49. The van der Waals surface area contributed by atoms with Gasteiger partial charge in [0.05, 0.1) is 18.4 Å². The van der Waals surface area contributed by atoms with Crippen LogP contribution in [-0.4, -0.2) is 63.1 Å². The van der Waals surface area contributed by atoms with E-state index in [1.807, 2.05) is 13.0 Å². The van der Waals surface area contributed by atoms with Gasteiger partial charge in [-0.3, -0.25) is 14.4 Å². The molecule has 1 aliphatic carbocycles. The van der Waals surface area contributed by atoms with E-state index in [2.05, 4.69) is 32.9 Å². The number of carboxylic acids is 1. The van der Waals surface area contributed by atoms with Crippen LogP contribution in [0, 0.1) is 0 Å². The van der Waals surface area contributed by atoms with Crippen molar-refractivity contribution in [1.29, 1.82) is 0 Å². The number of fused-ring (bicyclic) bond motifs is 1. The Morgan fingerprint density at radius 1 is 1.08 bits per heavy atom. The van der Waals surface area contributed by atoms with Crippen molar-refractivity contribution in [2.75, 3.05) is 6.61 Å². The number of allylic oxidation sites excluding steroid dienone is 5. The number of aliphatic hydroxyl groups is 2. The van der Waals surface area contributed by atoms with Crippen LogP contribution in [0.4, 0.5) is 0 Å². The third-order valence-electron chi connectivity index (χ3n) is 6.47. The molecule has 1 saturated heterocycles. The van der Waals surface area contributed by atoms with E-state index in [4.69, 9.17) is 14.6 Å². The topological polar surface area (TPSA) is 134 Å². The number of ether oxygens (including phenoxy) is 2. The van der Waals surface area contributed by atoms with E-state index < -0.39 is 48.2 Å². The Kier molecular flexibility index (Phi) is 10.4. The van der Waals surface area contributed by atoms with E-state index in [1.165, 1.54) is 24.1 Å². The summed E-state index contributed by atoms with van der Waals surface area (Å²) >= 11 is 0. The van der Waals surface area contributed by atoms with E-state index in [-0.39, 0.29) is 18.0 Å². The summed E-state index contributed by atoms with van der Waals surface area (Å²) in [6.07, 6.45) is 9.08. The van der Waals surface area contributed by atoms with E-state index in [1.54, 1.807) is 0 Å². The first-order valence-electron chi connectivity index (χ1n) is 12.4. The average molecular weight is 505 g/mol. The van der Waals surface area contributed by atoms with Crippen LogP contribution in [-0.2, 0) is 23.9 Å². The van der Waals surface area contributed by atoms with Crippen molar-refractivity contribution < 1.29 is 39.2 Å². The highest BCUT2D eigenvalue weighted by molar-refractivity contribution is 6.02. The van der Waals surface area contributed by atoms with E-state index >= 15 is 0 Å². The van der Waals surface area contributed by atoms with Gasteiger partial charge in [-0.05, 0) is 66.4 Å². The summed E-state index contributed by atoms with van der Waals surface area (Å²) in [5.74, 6) is -2.34. The lowest BCUT2D eigenvalue weighted by atomic mass is 9.84. The fraction of sp³-hybridized carbons (Fsp3) is 0.607. The van der Waals surface area contributed by atoms with E-state index in [9.17, 15) is 24.6 Å². The molecule has 3 N–H and O–H groups in total. The summed E-state index contributed by atoms with van der Waals surface area (Å²) in [7, 11) is 0. The zero-order valence-corrected chi connectivity index (χ0v) is 22.0. The number of carbonyl (C=O) groups is 3. The summed E-state index contributed by atoms with van der Waals surface area (Å²) in [5, 5.41) is 29.4. The molecule has 0 amide bonds. The Hall–Kier alpha value is -2.55. The van der Waals surface area contributed by atoms with Crippen molar-refractivity contribution in [3.63, 3.8) is 0 Å². The molecule has 200 valence electrons. The molecular weight excluding hydrogens is 464 g/mol. The minimum absolute atomic E-state index is 0.221. The number of hydrogen-bond acceptors (Lipinski definition) is 7. The minimum atomic E-state index is -1.75. The van der Waals surface area contributed by atoms with Crippen LogP contribution in [0.25, 0.3) is 0 Å². The number of rotatable bonds is 14. The first-order valence-corrected chi connectivity index (χ1v) is 12.4. The van der Waals surface area contributed by atoms with Crippen LogP contribution in [0.3, 0.4) is 0 Å². The number of hydrogen-bond donors (Lipinski definition) is 3. The van der Waals surface area contributed by atoms with Gasteiger partial charge >= 0.3 is 11.9 Å². The maximum Gasteiger partial charge on any atom is 0.309 e. The molecule has 36 heavy (non-hydrogen) atoms. The number of carbonyl (C=O) groups excluding carboxylic acids is 2. The zero-order chi connectivity index (χ0) is 27.1. The third-order valence-corrected chi connectivity index (χ3v) is 6.47. The van der Waals surface area contributed by atoms with Crippen molar-refractivity contribution in [2.45, 2.75) is 103 Å². The monoisotopic (exact) mass is 504 g/mol. The molecule has 0 radical (unpaired) electrons. The number of aliphatic hydroxyl groups excluding tert-OH is 1. The van der Waals surface area contributed by atoms with Gasteiger partial charge in [0.25, 0.3) is 0 Å². The van der Waals surface area contributed by atoms with Crippen molar-refractivity contribution >= 4 is 17.7 Å². The summed E-state index contributed by atoms with van der Waals surface area (Å²) in [5.41, 5.74) is 1.23. The number of carboxylic acid groups (broad SMARTS) is 1. The lowest BCUT2D eigenvalue weighted by Crippen LogP contribution is -2.38. The van der Waals surface area contributed by atoms with Gasteiger partial charge in [-0.2, -0.15) is 0 Å². The maximum absolute atomic E-state index is 12.8. The molecule has 1 fully saturated rings. The second-order valence-electron chi connectivity index (χ2n) is 10.5. The van der Waals surface area contributed by atoms with Crippen LogP contribution < -0.4 is 0 Å². The largest absolute Gasteiger partial charge is 0.481 e. The fourth-order valence-corrected chi connectivity index (χ4v) is 4.25. The van der Waals surface area contributed by atoms with Gasteiger partial charge in [0.15, 0.2) is 11.4 Å². The number of aliphatic carboxylic acids is 1. The van der Waals surface area contributed by atoms with E-state index in [0.717, 1.165) is 31.3 Å². The van der Waals surface area contributed by atoms with Crippen molar-refractivity contribution in [3.8, 4) is 0 Å². The molecule has 4 atom stereocenters. The Bertz CT molecular complexity index is 964. The van der Waals surface area contributed by atoms with Crippen molar-refractivity contribution in [2.24, 2.45) is 0 Å². The van der Waals surface area contributed by atoms with Crippen molar-refractivity contribution in [3.05, 3.63) is 46.6 Å². The molecule has 0 spiro atoms. The van der Waals surface area contributed by atoms with Crippen LogP contribution in [0.2, 0.25) is 0 Å². The molecule has 0 aromatic heterocycles. The van der Waals surface area contributed by atoms with E-state index in [0.29, 0.717) is 6.42 Å². The minimum Gasteiger partial charge on any atom is -0.481 e. The van der Waals surface area contributed by atoms with Gasteiger partial charge in [-0.1, -0.05) is 34.9 Å². The Morgan fingerprint density at radius 3 is 2.31 bits per heavy atom. The maximum atomic E-state index is 12.8. The van der Waals surface area contributed by atoms with Gasteiger partial charge < -0.3 is 24.8 Å². The smallest absolute Gasteiger partial charge is 0.309 e. The summed E-state index contributed by atoms with van der Waals surface area (Å²) in [6.45, 7) is 9.25. The standard InChI is InChI=1S/C28H40O8/c1-18(2)8-6-9-19(3)10-7-11-20(4)12-13-28-22(29)14-21(25(33)26(28)36-28)17-35-24(32)16-27(5,34)15-23(30)31/h8,10,12,14,25-26,33-34H,6-7,9,11,13,15-17H2,1-5H3,(H,30,31)/b19-10+,20-12+/t25-,26+,27?,28-/m1/s1. The van der Waals surface area contributed by atoms with Crippen LogP contribution >= 0.6 is 0 Å². The second kappa shape index (κ2) is 12.6. The molecule has 0 bridgehead atoms. The molecule has 1 aliphatic heterocycles. The predicted molar refractivity (Wildman–Crippen MR) is 135 cm³/mol. The molecule has 1 heterocycles. The predicted octanol–water partition coefficient (Wildman–Crippen LogP) is 3.96. The fourth-order valence-electron chi connectivity index (χ4n) is 4.25. The molecule has 8 nitrogen and oxygen atoms in total. The van der Waals surface area contributed by atoms with Crippen LogP contribution in [0.1, 0.15) is 79.6 Å². The van der Waals surface area contributed by atoms with Gasteiger partial charge in [0, 0.05) is 12.0 Å². The molecular formula is C28H40O8. The van der Waals surface area contributed by atoms with Gasteiger partial charge in [0.2, 0.25) is 0 Å². The third kappa shape index (κ3) is 8.84. The van der Waals surface area contributed by atoms with Crippen LogP contribution in [0.5, 0.6) is 0 Å². The highest BCUT2D eigenvalue weighted by Crippen LogP contribution is 2.48. The summed E-state index contributed by atoms with van der Waals surface area (Å²) < 4.78 is 10.7. The second-order valence-corrected chi connectivity index (χ2v) is 10.5. The van der Waals surface area contributed by atoms with Gasteiger partial charge in [-0.15, -0.1) is 0 Å². The zero-order valence-electron chi connectivity index (χ0n) is 22.0. The van der Waals surface area contributed by atoms with Crippen molar-refractivity contribution in [1.82, 2.24) is 0 Å². The lowest BCUT2D eigenvalue weighted by molar-refractivity contribution is -0.151. The normalized spacial score (nSPS) is 25.4. The molecule has 0 saturated carbocycles.